The number of aryl methyl sites for hydroxylation is 1. The van der Waals surface area contributed by atoms with Crippen molar-refractivity contribution >= 4 is 22.7 Å². The van der Waals surface area contributed by atoms with Crippen LogP contribution >= 0.6 is 0 Å². The number of anilines is 1. The number of ether oxygens (including phenoxy) is 1. The van der Waals surface area contributed by atoms with Crippen LogP contribution in [0.5, 0.6) is 5.75 Å². The van der Waals surface area contributed by atoms with Gasteiger partial charge in [-0.15, -0.1) is 0 Å². The predicted molar refractivity (Wildman–Crippen MR) is 91.4 cm³/mol. The summed E-state index contributed by atoms with van der Waals surface area (Å²) in [6.07, 6.45) is 2.52. The molecule has 122 valence electrons. The van der Waals surface area contributed by atoms with Crippen molar-refractivity contribution in [3.05, 3.63) is 53.9 Å². The number of nitrogens with one attached hydrogen (secondary N) is 1. The van der Waals surface area contributed by atoms with Gasteiger partial charge in [0.2, 0.25) is 0 Å². The molecule has 3 aromatic rings. The molecule has 0 atom stereocenters. The third kappa shape index (κ3) is 3.25. The standard InChI is InChI=1S/C19H18N2O3/c1-12-20-17-10-15(6-9-18(17)24-12)21-19(22)14-4-7-16(8-5-14)23-11-13-2-3-13/h4-10,13H,2-3,11H2,1H3,(H,21,22). The summed E-state index contributed by atoms with van der Waals surface area (Å²) in [7, 11) is 0. The minimum absolute atomic E-state index is 0.164. The zero-order valence-corrected chi connectivity index (χ0v) is 13.4. The van der Waals surface area contributed by atoms with Crippen LogP contribution in [0, 0.1) is 12.8 Å². The van der Waals surface area contributed by atoms with Crippen LogP contribution in [-0.2, 0) is 0 Å². The minimum Gasteiger partial charge on any atom is -0.493 e. The number of aromatic nitrogens is 1. The first-order valence-corrected chi connectivity index (χ1v) is 8.09. The van der Waals surface area contributed by atoms with Gasteiger partial charge in [0.25, 0.3) is 5.91 Å². The van der Waals surface area contributed by atoms with Gasteiger partial charge in [0.15, 0.2) is 11.5 Å². The molecular weight excluding hydrogens is 304 g/mol. The Bertz CT molecular complexity index is 879. The molecule has 1 heterocycles. The van der Waals surface area contributed by atoms with Gasteiger partial charge >= 0.3 is 0 Å². The van der Waals surface area contributed by atoms with Crippen LogP contribution in [0.4, 0.5) is 5.69 Å². The Balaban J connectivity index is 1.43. The average Bonchev–Trinajstić information content (AvgIpc) is 3.33. The average molecular weight is 322 g/mol. The number of rotatable bonds is 5. The quantitative estimate of drug-likeness (QED) is 0.765. The van der Waals surface area contributed by atoms with E-state index in [1.807, 2.05) is 12.1 Å². The van der Waals surface area contributed by atoms with E-state index in [4.69, 9.17) is 9.15 Å². The third-order valence-corrected chi connectivity index (χ3v) is 4.05. The van der Waals surface area contributed by atoms with Crippen LogP contribution in [0.25, 0.3) is 11.1 Å². The molecule has 24 heavy (non-hydrogen) atoms. The van der Waals surface area contributed by atoms with E-state index in [0.717, 1.165) is 17.9 Å². The number of fused-ring (bicyclic) bond motifs is 1. The van der Waals surface area contributed by atoms with Gasteiger partial charge in [0.1, 0.15) is 11.3 Å². The molecule has 2 aromatic carbocycles. The molecule has 0 saturated heterocycles. The van der Waals surface area contributed by atoms with E-state index in [0.29, 0.717) is 28.6 Å². The van der Waals surface area contributed by atoms with Crippen LogP contribution in [0.2, 0.25) is 0 Å². The fourth-order valence-corrected chi connectivity index (χ4v) is 2.52. The van der Waals surface area contributed by atoms with Gasteiger partial charge in [-0.2, -0.15) is 0 Å². The number of carbonyl (C=O) groups is 1. The molecule has 0 spiro atoms. The van der Waals surface area contributed by atoms with E-state index in [2.05, 4.69) is 10.3 Å². The highest BCUT2D eigenvalue weighted by molar-refractivity contribution is 6.04. The molecule has 4 rings (SSSR count). The van der Waals surface area contributed by atoms with Crippen molar-refractivity contribution in [1.82, 2.24) is 4.98 Å². The van der Waals surface area contributed by atoms with E-state index in [-0.39, 0.29) is 5.91 Å². The van der Waals surface area contributed by atoms with Crippen molar-refractivity contribution in [3.8, 4) is 5.75 Å². The normalized spacial score (nSPS) is 13.9. The smallest absolute Gasteiger partial charge is 0.255 e. The Morgan fingerprint density at radius 2 is 2.04 bits per heavy atom. The van der Waals surface area contributed by atoms with Gasteiger partial charge in [-0.1, -0.05) is 0 Å². The lowest BCUT2D eigenvalue weighted by molar-refractivity contribution is 0.102. The van der Waals surface area contributed by atoms with E-state index < -0.39 is 0 Å². The lowest BCUT2D eigenvalue weighted by Gasteiger charge is -2.07. The number of hydrogen-bond donors (Lipinski definition) is 1. The van der Waals surface area contributed by atoms with Crippen molar-refractivity contribution < 1.29 is 13.9 Å². The minimum atomic E-state index is -0.164. The van der Waals surface area contributed by atoms with E-state index in [1.54, 1.807) is 37.3 Å². The maximum atomic E-state index is 12.3. The Morgan fingerprint density at radius 3 is 2.79 bits per heavy atom. The third-order valence-electron chi connectivity index (χ3n) is 4.05. The van der Waals surface area contributed by atoms with Crippen molar-refractivity contribution in [1.29, 1.82) is 0 Å². The summed E-state index contributed by atoms with van der Waals surface area (Å²) in [5.74, 6) is 1.96. The molecule has 1 aliphatic rings. The fourth-order valence-electron chi connectivity index (χ4n) is 2.52. The molecule has 0 radical (unpaired) electrons. The van der Waals surface area contributed by atoms with Crippen LogP contribution in [-0.4, -0.2) is 17.5 Å². The topological polar surface area (TPSA) is 64.4 Å². The van der Waals surface area contributed by atoms with Crippen LogP contribution in [0.15, 0.2) is 46.9 Å². The molecule has 0 unspecified atom stereocenters. The molecule has 0 bridgehead atoms. The Hall–Kier alpha value is -2.82. The monoisotopic (exact) mass is 322 g/mol. The number of oxazole rings is 1. The van der Waals surface area contributed by atoms with Crippen LogP contribution in [0.1, 0.15) is 29.1 Å². The van der Waals surface area contributed by atoms with Gasteiger partial charge < -0.3 is 14.5 Å². The number of hydrogen-bond acceptors (Lipinski definition) is 4. The maximum Gasteiger partial charge on any atom is 0.255 e. The molecule has 1 fully saturated rings. The summed E-state index contributed by atoms with van der Waals surface area (Å²) >= 11 is 0. The molecule has 5 nitrogen and oxygen atoms in total. The second kappa shape index (κ2) is 6.00. The molecule has 0 aliphatic heterocycles. The second-order valence-corrected chi connectivity index (χ2v) is 6.15. The fraction of sp³-hybridized carbons (Fsp3) is 0.263. The number of amides is 1. The molecule has 1 saturated carbocycles. The van der Waals surface area contributed by atoms with Crippen molar-refractivity contribution in [2.24, 2.45) is 5.92 Å². The molecule has 1 aromatic heterocycles. The van der Waals surface area contributed by atoms with Gasteiger partial charge in [0, 0.05) is 18.2 Å². The zero-order valence-electron chi connectivity index (χ0n) is 13.4. The summed E-state index contributed by atoms with van der Waals surface area (Å²) in [5.41, 5.74) is 2.72. The van der Waals surface area contributed by atoms with E-state index >= 15 is 0 Å². The van der Waals surface area contributed by atoms with Crippen LogP contribution < -0.4 is 10.1 Å². The Kier molecular flexibility index (Phi) is 3.69. The van der Waals surface area contributed by atoms with Gasteiger partial charge in [-0.3, -0.25) is 4.79 Å². The second-order valence-electron chi connectivity index (χ2n) is 6.15. The van der Waals surface area contributed by atoms with Crippen LogP contribution in [0.3, 0.4) is 0 Å². The van der Waals surface area contributed by atoms with Gasteiger partial charge in [0.05, 0.1) is 6.61 Å². The lowest BCUT2D eigenvalue weighted by Crippen LogP contribution is -2.11. The molecule has 5 heteroatoms. The number of nitrogens with zero attached hydrogens (tertiary/aromatic N) is 1. The Morgan fingerprint density at radius 1 is 1.25 bits per heavy atom. The molecular formula is C19H18N2O3. The maximum absolute atomic E-state index is 12.3. The summed E-state index contributed by atoms with van der Waals surface area (Å²) in [4.78, 5) is 16.6. The highest BCUT2D eigenvalue weighted by Gasteiger charge is 2.21. The van der Waals surface area contributed by atoms with Crippen molar-refractivity contribution in [3.63, 3.8) is 0 Å². The van der Waals surface area contributed by atoms with E-state index in [1.165, 1.54) is 12.8 Å². The predicted octanol–water partition coefficient (Wildman–Crippen LogP) is 4.18. The summed E-state index contributed by atoms with van der Waals surface area (Å²) in [5, 5.41) is 2.88. The summed E-state index contributed by atoms with van der Waals surface area (Å²) < 4.78 is 11.1. The zero-order chi connectivity index (χ0) is 16.5. The largest absolute Gasteiger partial charge is 0.493 e. The number of benzene rings is 2. The van der Waals surface area contributed by atoms with Crippen molar-refractivity contribution in [2.75, 3.05) is 11.9 Å². The first-order chi connectivity index (χ1) is 11.7. The van der Waals surface area contributed by atoms with E-state index in [9.17, 15) is 4.79 Å². The SMILES string of the molecule is Cc1nc2cc(NC(=O)c3ccc(OCC4CC4)cc3)ccc2o1. The molecule has 1 aliphatic carbocycles. The van der Waals surface area contributed by atoms with Crippen molar-refractivity contribution in [2.45, 2.75) is 19.8 Å². The van der Waals surface area contributed by atoms with Gasteiger partial charge in [-0.05, 0) is 61.2 Å². The van der Waals surface area contributed by atoms with Gasteiger partial charge in [-0.25, -0.2) is 4.98 Å². The molecule has 1 N–H and O–H groups in total. The number of carbonyl (C=O) groups excluding carboxylic acids is 1. The molecule has 1 amide bonds. The highest BCUT2D eigenvalue weighted by atomic mass is 16.5. The lowest BCUT2D eigenvalue weighted by atomic mass is 10.2. The first-order valence-electron chi connectivity index (χ1n) is 8.09. The first kappa shape index (κ1) is 14.8. The Labute approximate surface area is 139 Å². The summed E-state index contributed by atoms with van der Waals surface area (Å²) in [6.45, 7) is 2.56. The summed E-state index contributed by atoms with van der Waals surface area (Å²) in [6, 6.07) is 12.6. The highest BCUT2D eigenvalue weighted by Crippen LogP contribution is 2.29.